The standard InChI is InChI=1S/C21H17FN2O3S/c1-27-14-8-6-13(7-9-14)21(26)12-28-20-17(11-23)16(10-19(25)24(20)21)15-4-2-3-5-18(15)22/h2-9,16,26H,10,12H2,1H3/t16-,21+/m0/s1. The number of amides is 1. The molecule has 5 nitrogen and oxygen atoms in total. The monoisotopic (exact) mass is 396 g/mol. The van der Waals surface area contributed by atoms with E-state index >= 15 is 0 Å². The number of nitrogens with zero attached hydrogens (tertiary/aromatic N) is 2. The fraction of sp³-hybridized carbons (Fsp3) is 0.238. The smallest absolute Gasteiger partial charge is 0.231 e. The number of thioether (sulfide) groups is 1. The first-order valence-corrected chi connectivity index (χ1v) is 9.69. The summed E-state index contributed by atoms with van der Waals surface area (Å²) in [6, 6.07) is 15.1. The molecule has 4 rings (SSSR count). The second-order valence-corrected chi connectivity index (χ2v) is 7.64. The van der Waals surface area contributed by atoms with Gasteiger partial charge in [-0.2, -0.15) is 5.26 Å². The first-order valence-electron chi connectivity index (χ1n) is 8.71. The summed E-state index contributed by atoms with van der Waals surface area (Å²) in [5, 5.41) is 21.5. The minimum absolute atomic E-state index is 0.0770. The molecule has 0 bridgehead atoms. The summed E-state index contributed by atoms with van der Waals surface area (Å²) >= 11 is 1.24. The average molecular weight is 396 g/mol. The lowest BCUT2D eigenvalue weighted by molar-refractivity contribution is -0.149. The molecule has 2 aliphatic rings. The van der Waals surface area contributed by atoms with Crippen molar-refractivity contribution in [1.29, 1.82) is 5.26 Å². The molecule has 28 heavy (non-hydrogen) atoms. The zero-order valence-electron chi connectivity index (χ0n) is 15.1. The van der Waals surface area contributed by atoms with E-state index in [9.17, 15) is 19.6 Å². The van der Waals surface area contributed by atoms with Crippen molar-refractivity contribution < 1.29 is 19.0 Å². The predicted octanol–water partition coefficient (Wildman–Crippen LogP) is 3.48. The molecule has 0 spiro atoms. The van der Waals surface area contributed by atoms with E-state index in [1.165, 1.54) is 22.7 Å². The van der Waals surface area contributed by atoms with Gasteiger partial charge in [0.15, 0.2) is 5.72 Å². The second kappa shape index (κ2) is 6.97. The van der Waals surface area contributed by atoms with Gasteiger partial charge in [0.1, 0.15) is 11.6 Å². The van der Waals surface area contributed by atoms with Crippen molar-refractivity contribution in [2.75, 3.05) is 12.9 Å². The van der Waals surface area contributed by atoms with E-state index in [1.54, 1.807) is 49.6 Å². The van der Waals surface area contributed by atoms with Crippen LogP contribution in [0.3, 0.4) is 0 Å². The number of ether oxygens (including phenoxy) is 1. The topological polar surface area (TPSA) is 73.6 Å². The van der Waals surface area contributed by atoms with Crippen LogP contribution in [0.25, 0.3) is 0 Å². The van der Waals surface area contributed by atoms with Gasteiger partial charge in [0.2, 0.25) is 5.91 Å². The first kappa shape index (κ1) is 18.5. The van der Waals surface area contributed by atoms with Crippen molar-refractivity contribution in [2.45, 2.75) is 18.1 Å². The summed E-state index contributed by atoms with van der Waals surface area (Å²) in [4.78, 5) is 14.3. The van der Waals surface area contributed by atoms with E-state index in [0.29, 0.717) is 27.5 Å². The third-order valence-electron chi connectivity index (χ3n) is 5.14. The Morgan fingerprint density at radius 2 is 2.00 bits per heavy atom. The molecule has 0 aliphatic carbocycles. The minimum atomic E-state index is -1.56. The molecule has 7 heteroatoms. The van der Waals surface area contributed by atoms with Crippen LogP contribution >= 0.6 is 11.8 Å². The zero-order chi connectivity index (χ0) is 19.9. The van der Waals surface area contributed by atoms with Gasteiger partial charge < -0.3 is 9.84 Å². The number of allylic oxidation sites excluding steroid dienone is 1. The Bertz CT molecular complexity index is 1020. The number of methoxy groups -OCH3 is 1. The Kier molecular flexibility index (Phi) is 4.61. The van der Waals surface area contributed by atoms with Gasteiger partial charge in [-0.15, -0.1) is 11.8 Å². The summed E-state index contributed by atoms with van der Waals surface area (Å²) in [5.74, 6) is -0.622. The molecule has 1 saturated heterocycles. The van der Waals surface area contributed by atoms with Gasteiger partial charge in [-0.1, -0.05) is 30.3 Å². The predicted molar refractivity (Wildman–Crippen MR) is 103 cm³/mol. The maximum absolute atomic E-state index is 14.3. The normalized spacial score (nSPS) is 24.1. The van der Waals surface area contributed by atoms with Crippen LogP contribution < -0.4 is 4.74 Å². The van der Waals surface area contributed by atoms with Crippen LogP contribution in [0.15, 0.2) is 59.1 Å². The molecule has 2 heterocycles. The summed E-state index contributed by atoms with van der Waals surface area (Å²) in [7, 11) is 1.55. The number of fused-ring (bicyclic) bond motifs is 1. The first-order chi connectivity index (χ1) is 13.5. The van der Waals surface area contributed by atoms with Gasteiger partial charge in [-0.25, -0.2) is 4.39 Å². The summed E-state index contributed by atoms with van der Waals surface area (Å²) < 4.78 is 19.5. The van der Waals surface area contributed by atoms with E-state index < -0.39 is 17.5 Å². The highest BCUT2D eigenvalue weighted by Gasteiger charge is 2.52. The molecule has 2 atom stereocenters. The van der Waals surface area contributed by atoms with Gasteiger partial charge in [0, 0.05) is 17.9 Å². The SMILES string of the molecule is COc1ccc([C@]2(O)CSC3=C(C#N)[C@H](c4ccccc4F)CC(=O)N32)cc1. The van der Waals surface area contributed by atoms with Crippen LogP contribution in [-0.2, 0) is 10.5 Å². The van der Waals surface area contributed by atoms with Crippen molar-refractivity contribution in [3.8, 4) is 11.8 Å². The van der Waals surface area contributed by atoms with E-state index in [2.05, 4.69) is 6.07 Å². The van der Waals surface area contributed by atoms with E-state index in [4.69, 9.17) is 4.74 Å². The summed E-state index contributed by atoms with van der Waals surface area (Å²) in [5.41, 5.74) is -0.406. The van der Waals surface area contributed by atoms with Gasteiger partial charge in [0.05, 0.1) is 29.5 Å². The van der Waals surface area contributed by atoms with Crippen LogP contribution in [0.5, 0.6) is 5.75 Å². The molecule has 0 unspecified atom stereocenters. The highest BCUT2D eigenvalue weighted by Crippen LogP contribution is 2.52. The van der Waals surface area contributed by atoms with Gasteiger partial charge in [-0.3, -0.25) is 9.69 Å². The second-order valence-electron chi connectivity index (χ2n) is 6.67. The van der Waals surface area contributed by atoms with E-state index in [1.807, 2.05) is 0 Å². The quantitative estimate of drug-likeness (QED) is 0.860. The summed E-state index contributed by atoms with van der Waals surface area (Å²) in [6.07, 6.45) is -0.0770. The lowest BCUT2D eigenvalue weighted by atomic mass is 9.85. The van der Waals surface area contributed by atoms with Gasteiger partial charge in [-0.05, 0) is 23.8 Å². The molecule has 1 amide bonds. The van der Waals surface area contributed by atoms with E-state index in [0.717, 1.165) is 0 Å². The number of hydrogen-bond donors (Lipinski definition) is 1. The third kappa shape index (κ3) is 2.77. The number of aliphatic hydroxyl groups is 1. The Morgan fingerprint density at radius 3 is 2.64 bits per heavy atom. The number of nitriles is 1. The Labute approximate surface area is 166 Å². The Balaban J connectivity index is 1.80. The highest BCUT2D eigenvalue weighted by atomic mass is 32.2. The summed E-state index contributed by atoms with van der Waals surface area (Å²) in [6.45, 7) is 0. The lowest BCUT2D eigenvalue weighted by Gasteiger charge is -2.38. The number of carbonyl (C=O) groups excluding carboxylic acids is 1. The fourth-order valence-electron chi connectivity index (χ4n) is 3.72. The van der Waals surface area contributed by atoms with Crippen molar-refractivity contribution in [2.24, 2.45) is 0 Å². The molecule has 142 valence electrons. The van der Waals surface area contributed by atoms with Crippen molar-refractivity contribution in [3.05, 3.63) is 76.1 Å². The molecule has 0 saturated carbocycles. The van der Waals surface area contributed by atoms with Crippen molar-refractivity contribution >= 4 is 17.7 Å². The number of halogens is 1. The number of carbonyl (C=O) groups is 1. The van der Waals surface area contributed by atoms with Crippen molar-refractivity contribution in [1.82, 2.24) is 4.90 Å². The molecule has 2 aromatic rings. The largest absolute Gasteiger partial charge is 0.497 e. The molecule has 2 aliphatic heterocycles. The highest BCUT2D eigenvalue weighted by molar-refractivity contribution is 8.03. The fourth-order valence-corrected chi connectivity index (χ4v) is 5.08. The molecule has 0 aromatic heterocycles. The van der Waals surface area contributed by atoms with Crippen molar-refractivity contribution in [3.63, 3.8) is 0 Å². The van der Waals surface area contributed by atoms with Crippen LogP contribution in [0.1, 0.15) is 23.5 Å². The van der Waals surface area contributed by atoms with E-state index in [-0.39, 0.29) is 18.1 Å². The number of benzene rings is 2. The Morgan fingerprint density at radius 1 is 1.29 bits per heavy atom. The third-order valence-corrected chi connectivity index (χ3v) is 6.37. The molecular formula is C21H17FN2O3S. The van der Waals surface area contributed by atoms with Crippen LogP contribution in [0.4, 0.5) is 4.39 Å². The van der Waals surface area contributed by atoms with Gasteiger partial charge in [0.25, 0.3) is 0 Å². The maximum atomic E-state index is 14.3. The van der Waals surface area contributed by atoms with Crippen LogP contribution in [0.2, 0.25) is 0 Å². The lowest BCUT2D eigenvalue weighted by Crippen LogP contribution is -2.48. The van der Waals surface area contributed by atoms with Crippen LogP contribution in [-0.4, -0.2) is 28.8 Å². The molecule has 0 radical (unpaired) electrons. The van der Waals surface area contributed by atoms with Gasteiger partial charge >= 0.3 is 0 Å². The molecule has 1 fully saturated rings. The molecular weight excluding hydrogens is 379 g/mol. The average Bonchev–Trinajstić information content (AvgIpc) is 3.07. The molecule has 2 aromatic carbocycles. The number of hydrogen-bond acceptors (Lipinski definition) is 5. The van der Waals surface area contributed by atoms with Crippen LogP contribution in [0, 0.1) is 17.1 Å². The molecule has 1 N–H and O–H groups in total. The maximum Gasteiger partial charge on any atom is 0.231 e. The minimum Gasteiger partial charge on any atom is -0.497 e. The Hall–Kier alpha value is -2.82. The number of rotatable bonds is 3. The zero-order valence-corrected chi connectivity index (χ0v) is 15.9.